The predicted octanol–water partition coefficient (Wildman–Crippen LogP) is 4.09. The molecule has 1 aromatic carbocycles. The van der Waals surface area contributed by atoms with E-state index in [4.69, 9.17) is 9.84 Å². The largest absolute Gasteiger partial charge is 0.493 e. The Morgan fingerprint density at radius 3 is 2.95 bits per heavy atom. The molecule has 1 aromatic rings. The van der Waals surface area contributed by atoms with Gasteiger partial charge in [0.2, 0.25) is 0 Å². The molecule has 0 aliphatic heterocycles. The van der Waals surface area contributed by atoms with E-state index in [9.17, 15) is 9.70 Å². The number of ether oxygens (including phenoxy) is 1. The smallest absolute Gasteiger partial charge is 0.306 e. The van der Waals surface area contributed by atoms with Crippen molar-refractivity contribution in [3.63, 3.8) is 0 Å². The minimum absolute atomic E-state index is 0.313. The van der Waals surface area contributed by atoms with E-state index in [0.717, 1.165) is 12.8 Å². The van der Waals surface area contributed by atoms with Crippen LogP contribution in [0.1, 0.15) is 43.7 Å². The van der Waals surface area contributed by atoms with Crippen molar-refractivity contribution in [2.24, 2.45) is 11.1 Å². The van der Waals surface area contributed by atoms with Crippen LogP contribution in [0.2, 0.25) is 0 Å². The topological polar surface area (TPSA) is 76.0 Å². The van der Waals surface area contributed by atoms with Gasteiger partial charge in [-0.25, -0.2) is 0 Å². The van der Waals surface area contributed by atoms with E-state index < -0.39 is 12.0 Å². The quantitative estimate of drug-likeness (QED) is 0.608. The summed E-state index contributed by atoms with van der Waals surface area (Å²) in [7, 11) is 0. The molecule has 2 atom stereocenters. The second-order valence-corrected chi connectivity index (χ2v) is 5.70. The minimum atomic E-state index is -1.05. The minimum Gasteiger partial charge on any atom is -0.493 e. The summed E-state index contributed by atoms with van der Waals surface area (Å²) >= 11 is 0. The molecular formula is C17H21NO4. The number of hydrogen-bond acceptors (Lipinski definition) is 4. The molecule has 0 bridgehead atoms. The van der Waals surface area contributed by atoms with Gasteiger partial charge >= 0.3 is 5.97 Å². The summed E-state index contributed by atoms with van der Waals surface area (Å²) < 4.78 is 5.80. The van der Waals surface area contributed by atoms with Gasteiger partial charge in [-0.1, -0.05) is 35.9 Å². The van der Waals surface area contributed by atoms with Gasteiger partial charge in [-0.3, -0.25) is 4.79 Å². The summed E-state index contributed by atoms with van der Waals surface area (Å²) in [4.78, 5) is 21.6. The maximum Gasteiger partial charge on any atom is 0.306 e. The Labute approximate surface area is 130 Å². The summed E-state index contributed by atoms with van der Waals surface area (Å²) in [5, 5.41) is 11.7. The van der Waals surface area contributed by atoms with Crippen LogP contribution in [-0.2, 0) is 4.79 Å². The zero-order chi connectivity index (χ0) is 15.9. The number of rotatable bonds is 7. The summed E-state index contributed by atoms with van der Waals surface area (Å²) in [5.74, 6) is -0.0410. The van der Waals surface area contributed by atoms with Crippen molar-refractivity contribution in [3.8, 4) is 5.75 Å². The fourth-order valence-electron chi connectivity index (χ4n) is 2.74. The van der Waals surface area contributed by atoms with Gasteiger partial charge in [0, 0.05) is 5.92 Å². The standard InChI is InChI=1S/C17H21NO4/c1-12-5-2-3-6-14(12)11-22-15-8-4-7-13(9-15)16(18-21)10-17(19)20/h4,7-9,14,16H,1-3,5-6,10-11H2,(H,19,20). The molecule has 0 radical (unpaired) electrons. The average Bonchev–Trinajstić information content (AvgIpc) is 2.52. The van der Waals surface area contributed by atoms with E-state index in [1.54, 1.807) is 24.3 Å². The van der Waals surface area contributed by atoms with Crippen molar-refractivity contribution in [3.05, 3.63) is 46.9 Å². The van der Waals surface area contributed by atoms with E-state index in [-0.39, 0.29) is 6.42 Å². The van der Waals surface area contributed by atoms with Crippen molar-refractivity contribution >= 4 is 5.97 Å². The van der Waals surface area contributed by atoms with Crippen LogP contribution in [0.5, 0.6) is 5.75 Å². The first kappa shape index (κ1) is 16.2. The van der Waals surface area contributed by atoms with Crippen LogP contribution >= 0.6 is 0 Å². The summed E-state index contributed by atoms with van der Waals surface area (Å²) in [6.07, 6.45) is 4.24. The van der Waals surface area contributed by atoms with Gasteiger partial charge in [-0.05, 0) is 37.0 Å². The highest BCUT2D eigenvalue weighted by Crippen LogP contribution is 2.29. The molecule has 1 aliphatic carbocycles. The highest BCUT2D eigenvalue weighted by atomic mass is 16.5. The van der Waals surface area contributed by atoms with Crippen molar-refractivity contribution in [1.29, 1.82) is 0 Å². The molecule has 2 unspecified atom stereocenters. The van der Waals surface area contributed by atoms with Gasteiger partial charge < -0.3 is 9.84 Å². The van der Waals surface area contributed by atoms with Gasteiger partial charge in [-0.2, -0.15) is 4.91 Å². The molecule has 22 heavy (non-hydrogen) atoms. The summed E-state index contributed by atoms with van der Waals surface area (Å²) in [6.45, 7) is 4.67. The number of nitrogens with zero attached hydrogens (tertiary/aromatic N) is 1. The molecule has 1 fully saturated rings. The maximum absolute atomic E-state index is 10.8. The molecule has 1 N–H and O–H groups in total. The number of benzene rings is 1. The molecule has 1 saturated carbocycles. The molecule has 1 aliphatic rings. The number of hydrogen-bond donors (Lipinski definition) is 1. The van der Waals surface area contributed by atoms with Gasteiger partial charge in [-0.15, -0.1) is 0 Å². The van der Waals surface area contributed by atoms with Crippen molar-refractivity contribution in [1.82, 2.24) is 0 Å². The molecule has 0 heterocycles. The Balaban J connectivity index is 2.00. The lowest BCUT2D eigenvalue weighted by Crippen LogP contribution is -2.17. The zero-order valence-electron chi connectivity index (χ0n) is 12.5. The lowest BCUT2D eigenvalue weighted by molar-refractivity contribution is -0.137. The number of aliphatic carboxylic acids is 1. The third kappa shape index (κ3) is 4.41. The fraction of sp³-hybridized carbons (Fsp3) is 0.471. The van der Waals surface area contributed by atoms with Crippen LogP contribution < -0.4 is 4.74 Å². The molecule has 5 nitrogen and oxygen atoms in total. The monoisotopic (exact) mass is 303 g/mol. The third-order valence-corrected chi connectivity index (χ3v) is 4.07. The molecule has 0 amide bonds. The number of nitroso groups, excluding NO2 is 1. The molecular weight excluding hydrogens is 282 g/mol. The zero-order valence-corrected chi connectivity index (χ0v) is 12.5. The van der Waals surface area contributed by atoms with Gasteiger partial charge in [0.25, 0.3) is 0 Å². The SMILES string of the molecule is C=C1CCCCC1COc1cccc(C(CC(=O)O)N=O)c1. The first-order valence-electron chi connectivity index (χ1n) is 7.55. The second kappa shape index (κ2) is 7.73. The van der Waals surface area contributed by atoms with E-state index >= 15 is 0 Å². The van der Waals surface area contributed by atoms with E-state index in [2.05, 4.69) is 11.8 Å². The van der Waals surface area contributed by atoms with Crippen LogP contribution in [0.25, 0.3) is 0 Å². The molecule has 0 saturated heterocycles. The molecule has 0 aromatic heterocycles. The molecule has 118 valence electrons. The van der Waals surface area contributed by atoms with E-state index in [0.29, 0.717) is 23.8 Å². The first-order valence-corrected chi connectivity index (χ1v) is 7.55. The van der Waals surface area contributed by atoms with Crippen molar-refractivity contribution in [2.45, 2.75) is 38.1 Å². The highest BCUT2D eigenvalue weighted by Gasteiger charge is 2.19. The Kier molecular flexibility index (Phi) is 5.69. The Bertz CT molecular complexity index is 555. The van der Waals surface area contributed by atoms with Crippen LogP contribution in [0.15, 0.2) is 41.6 Å². The van der Waals surface area contributed by atoms with Crippen LogP contribution in [0.4, 0.5) is 0 Å². The Hall–Kier alpha value is -2.17. The van der Waals surface area contributed by atoms with E-state index in [1.165, 1.54) is 18.4 Å². The fourth-order valence-corrected chi connectivity index (χ4v) is 2.74. The lowest BCUT2D eigenvalue weighted by atomic mass is 9.86. The van der Waals surface area contributed by atoms with E-state index in [1.807, 2.05) is 0 Å². The highest BCUT2D eigenvalue weighted by molar-refractivity contribution is 5.68. The number of carbonyl (C=O) groups is 1. The number of carboxylic acids is 1. The van der Waals surface area contributed by atoms with Crippen molar-refractivity contribution in [2.75, 3.05) is 6.61 Å². The summed E-state index contributed by atoms with van der Waals surface area (Å²) in [5.41, 5.74) is 1.80. The normalized spacial score (nSPS) is 19.5. The molecule has 2 rings (SSSR count). The Morgan fingerprint density at radius 2 is 2.27 bits per heavy atom. The first-order chi connectivity index (χ1) is 10.6. The van der Waals surface area contributed by atoms with Gasteiger partial charge in [0.05, 0.1) is 13.0 Å². The average molecular weight is 303 g/mol. The summed E-state index contributed by atoms with van der Waals surface area (Å²) in [6, 6.07) is 6.06. The van der Waals surface area contributed by atoms with Gasteiger partial charge in [0.1, 0.15) is 11.8 Å². The lowest BCUT2D eigenvalue weighted by Gasteiger charge is -2.24. The van der Waals surface area contributed by atoms with Crippen LogP contribution in [-0.4, -0.2) is 17.7 Å². The number of carboxylic acid groups (broad SMARTS) is 1. The molecule has 0 spiro atoms. The predicted molar refractivity (Wildman–Crippen MR) is 83.8 cm³/mol. The second-order valence-electron chi connectivity index (χ2n) is 5.70. The van der Waals surface area contributed by atoms with Crippen LogP contribution in [0, 0.1) is 10.8 Å². The van der Waals surface area contributed by atoms with Gasteiger partial charge in [0.15, 0.2) is 0 Å². The molecule has 5 heteroatoms. The van der Waals surface area contributed by atoms with Crippen molar-refractivity contribution < 1.29 is 14.6 Å². The third-order valence-electron chi connectivity index (χ3n) is 4.07. The maximum atomic E-state index is 10.8. The Morgan fingerprint density at radius 1 is 1.45 bits per heavy atom. The van der Waals surface area contributed by atoms with Crippen LogP contribution in [0.3, 0.4) is 0 Å².